The van der Waals surface area contributed by atoms with E-state index in [1.807, 2.05) is 19.9 Å². The third-order valence-electron chi connectivity index (χ3n) is 3.94. The first-order valence-corrected chi connectivity index (χ1v) is 6.74. The molecule has 0 radical (unpaired) electrons. The lowest BCUT2D eigenvalue weighted by Crippen LogP contribution is -2.42. The Morgan fingerprint density at radius 1 is 1.39 bits per heavy atom. The molecule has 1 aliphatic carbocycles. The van der Waals surface area contributed by atoms with Crippen molar-refractivity contribution in [2.24, 2.45) is 5.73 Å². The Balaban J connectivity index is 2.33. The van der Waals surface area contributed by atoms with Crippen LogP contribution in [-0.4, -0.2) is 12.2 Å². The van der Waals surface area contributed by atoms with E-state index in [2.05, 4.69) is 0 Å². The van der Waals surface area contributed by atoms with Crippen LogP contribution in [0.15, 0.2) is 18.2 Å². The number of halogens is 1. The first-order chi connectivity index (χ1) is 8.59. The second kappa shape index (κ2) is 5.37. The fourth-order valence-corrected chi connectivity index (χ4v) is 2.99. The lowest BCUT2D eigenvalue weighted by atomic mass is 9.86. The maximum atomic E-state index is 13.9. The molecule has 1 fully saturated rings. The molecule has 0 saturated heterocycles. The Labute approximate surface area is 108 Å². The van der Waals surface area contributed by atoms with Crippen LogP contribution in [0, 0.1) is 12.7 Å². The van der Waals surface area contributed by atoms with E-state index >= 15 is 0 Å². The van der Waals surface area contributed by atoms with Crippen LogP contribution in [0.4, 0.5) is 4.39 Å². The first kappa shape index (κ1) is 13.5. The van der Waals surface area contributed by atoms with Gasteiger partial charge in [-0.3, -0.25) is 0 Å². The van der Waals surface area contributed by atoms with Crippen molar-refractivity contribution in [1.82, 2.24) is 0 Å². The highest BCUT2D eigenvalue weighted by Crippen LogP contribution is 2.42. The van der Waals surface area contributed by atoms with Crippen LogP contribution < -0.4 is 5.73 Å². The lowest BCUT2D eigenvalue weighted by Gasteiger charge is -2.35. The predicted molar refractivity (Wildman–Crippen MR) is 70.9 cm³/mol. The zero-order valence-corrected chi connectivity index (χ0v) is 11.2. The molecule has 3 heteroatoms. The summed E-state index contributed by atoms with van der Waals surface area (Å²) in [7, 11) is 0. The van der Waals surface area contributed by atoms with Gasteiger partial charge in [0.1, 0.15) is 5.82 Å². The maximum absolute atomic E-state index is 13.9. The molecular weight excluding hydrogens is 229 g/mol. The summed E-state index contributed by atoms with van der Waals surface area (Å²) in [5.74, 6) is -0.223. The van der Waals surface area contributed by atoms with Gasteiger partial charge < -0.3 is 10.5 Å². The van der Waals surface area contributed by atoms with Crippen molar-refractivity contribution in [1.29, 1.82) is 0 Å². The molecule has 18 heavy (non-hydrogen) atoms. The highest BCUT2D eigenvalue weighted by molar-refractivity contribution is 5.29. The van der Waals surface area contributed by atoms with Crippen molar-refractivity contribution >= 4 is 0 Å². The average molecular weight is 251 g/mol. The molecule has 0 amide bonds. The van der Waals surface area contributed by atoms with Gasteiger partial charge in [0.05, 0.1) is 11.6 Å². The topological polar surface area (TPSA) is 35.2 Å². The van der Waals surface area contributed by atoms with E-state index in [9.17, 15) is 4.39 Å². The normalized spacial score (nSPS) is 20.0. The van der Waals surface area contributed by atoms with Gasteiger partial charge in [-0.15, -0.1) is 0 Å². The number of benzene rings is 1. The third-order valence-corrected chi connectivity index (χ3v) is 3.94. The van der Waals surface area contributed by atoms with Gasteiger partial charge >= 0.3 is 0 Å². The minimum Gasteiger partial charge on any atom is -0.373 e. The van der Waals surface area contributed by atoms with Gasteiger partial charge in [0.25, 0.3) is 0 Å². The third kappa shape index (κ3) is 2.43. The first-order valence-electron chi connectivity index (χ1n) is 6.74. The predicted octanol–water partition coefficient (Wildman–Crippen LogP) is 3.48. The summed E-state index contributed by atoms with van der Waals surface area (Å²) in [6, 6.07) is 4.74. The minimum atomic E-state index is -0.375. The highest BCUT2D eigenvalue weighted by Gasteiger charge is 2.41. The Kier molecular flexibility index (Phi) is 4.03. The smallest absolute Gasteiger partial charge is 0.128 e. The van der Waals surface area contributed by atoms with Gasteiger partial charge in [-0.1, -0.05) is 30.5 Å². The number of hydrogen-bond acceptors (Lipinski definition) is 2. The van der Waals surface area contributed by atoms with E-state index in [1.54, 1.807) is 6.07 Å². The quantitative estimate of drug-likeness (QED) is 0.889. The van der Waals surface area contributed by atoms with Crippen LogP contribution in [0.5, 0.6) is 0 Å². The van der Waals surface area contributed by atoms with E-state index in [4.69, 9.17) is 10.5 Å². The fraction of sp³-hybridized carbons (Fsp3) is 0.600. The summed E-state index contributed by atoms with van der Waals surface area (Å²) in [5, 5.41) is 0. The van der Waals surface area contributed by atoms with Crippen molar-refractivity contribution in [2.45, 2.75) is 51.2 Å². The van der Waals surface area contributed by atoms with E-state index in [0.29, 0.717) is 12.2 Å². The summed E-state index contributed by atoms with van der Waals surface area (Å²) in [5.41, 5.74) is 7.58. The SMILES string of the molecule is CCOC1(C(N)c2cc(C)ccc2F)CCCC1. The van der Waals surface area contributed by atoms with Gasteiger partial charge in [0.2, 0.25) is 0 Å². The standard InChI is InChI=1S/C15H22FNO/c1-3-18-15(8-4-5-9-15)14(17)12-10-11(2)6-7-13(12)16/h6-7,10,14H,3-5,8-9,17H2,1-2H3. The molecule has 1 unspecified atom stereocenters. The molecule has 1 aromatic rings. The number of rotatable bonds is 4. The molecule has 2 rings (SSSR count). The molecule has 0 heterocycles. The van der Waals surface area contributed by atoms with Crippen molar-refractivity contribution in [3.05, 3.63) is 35.1 Å². The summed E-state index contributed by atoms with van der Waals surface area (Å²) < 4.78 is 19.9. The van der Waals surface area contributed by atoms with Crippen LogP contribution in [0.25, 0.3) is 0 Å². The Morgan fingerprint density at radius 2 is 2.06 bits per heavy atom. The summed E-state index contributed by atoms with van der Waals surface area (Å²) >= 11 is 0. The van der Waals surface area contributed by atoms with Crippen LogP contribution in [0.1, 0.15) is 49.8 Å². The van der Waals surface area contributed by atoms with E-state index in [0.717, 1.165) is 31.2 Å². The molecule has 1 aliphatic rings. The molecule has 0 aromatic heterocycles. The Morgan fingerprint density at radius 3 is 2.67 bits per heavy atom. The largest absolute Gasteiger partial charge is 0.373 e. The van der Waals surface area contributed by atoms with Gasteiger partial charge in [-0.05, 0) is 32.8 Å². The molecule has 1 saturated carbocycles. The second-order valence-electron chi connectivity index (χ2n) is 5.21. The molecule has 1 atom stereocenters. The van der Waals surface area contributed by atoms with E-state index in [-0.39, 0.29) is 17.5 Å². The average Bonchev–Trinajstić information content (AvgIpc) is 2.82. The van der Waals surface area contributed by atoms with Gasteiger partial charge in [-0.25, -0.2) is 4.39 Å². The monoisotopic (exact) mass is 251 g/mol. The zero-order valence-electron chi connectivity index (χ0n) is 11.2. The van der Waals surface area contributed by atoms with Crippen LogP contribution in [0.3, 0.4) is 0 Å². The minimum absolute atomic E-state index is 0.223. The van der Waals surface area contributed by atoms with E-state index in [1.165, 1.54) is 6.07 Å². The molecular formula is C15H22FNO. The molecule has 1 aromatic carbocycles. The van der Waals surface area contributed by atoms with Crippen LogP contribution >= 0.6 is 0 Å². The van der Waals surface area contributed by atoms with Crippen LogP contribution in [0.2, 0.25) is 0 Å². The molecule has 2 N–H and O–H groups in total. The summed E-state index contributed by atoms with van der Waals surface area (Å²) in [6.07, 6.45) is 4.08. The second-order valence-corrected chi connectivity index (χ2v) is 5.21. The van der Waals surface area contributed by atoms with Crippen molar-refractivity contribution in [3.63, 3.8) is 0 Å². The summed E-state index contributed by atoms with van der Waals surface area (Å²) in [6.45, 7) is 4.55. The van der Waals surface area contributed by atoms with E-state index < -0.39 is 0 Å². The molecule has 0 aliphatic heterocycles. The molecule has 100 valence electrons. The molecule has 0 bridgehead atoms. The maximum Gasteiger partial charge on any atom is 0.128 e. The number of hydrogen-bond donors (Lipinski definition) is 1. The fourth-order valence-electron chi connectivity index (χ4n) is 2.99. The lowest BCUT2D eigenvalue weighted by molar-refractivity contribution is -0.0543. The van der Waals surface area contributed by atoms with Crippen molar-refractivity contribution in [2.75, 3.05) is 6.61 Å². The van der Waals surface area contributed by atoms with Gasteiger partial charge in [0.15, 0.2) is 0 Å². The number of aryl methyl sites for hydroxylation is 1. The number of ether oxygens (including phenoxy) is 1. The van der Waals surface area contributed by atoms with Crippen molar-refractivity contribution in [3.8, 4) is 0 Å². The summed E-state index contributed by atoms with van der Waals surface area (Å²) in [4.78, 5) is 0. The van der Waals surface area contributed by atoms with Crippen LogP contribution in [-0.2, 0) is 4.74 Å². The van der Waals surface area contributed by atoms with Gasteiger partial charge in [-0.2, -0.15) is 0 Å². The Bertz CT molecular complexity index is 413. The number of nitrogens with two attached hydrogens (primary N) is 1. The molecule has 2 nitrogen and oxygen atoms in total. The van der Waals surface area contributed by atoms with Gasteiger partial charge in [0, 0.05) is 12.2 Å². The zero-order chi connectivity index (χ0) is 13.2. The Hall–Kier alpha value is -0.930. The highest BCUT2D eigenvalue weighted by atomic mass is 19.1. The molecule has 0 spiro atoms. The van der Waals surface area contributed by atoms with Crippen molar-refractivity contribution < 1.29 is 9.13 Å².